The Labute approximate surface area is 126 Å². The van der Waals surface area contributed by atoms with Gasteiger partial charge in [-0.3, -0.25) is 9.59 Å². The number of aromatic carboxylic acids is 1. The number of aromatic hydroxyl groups is 1. The first kappa shape index (κ1) is 15.5. The third-order valence-corrected chi connectivity index (χ3v) is 3.43. The molecule has 6 nitrogen and oxygen atoms in total. The van der Waals surface area contributed by atoms with E-state index in [-0.39, 0.29) is 28.1 Å². The molecule has 0 saturated heterocycles. The van der Waals surface area contributed by atoms with Crippen LogP contribution in [-0.4, -0.2) is 26.9 Å². The molecule has 0 atom stereocenters. The fraction of sp³-hybridized carbons (Fsp3) is 0.188. The van der Waals surface area contributed by atoms with Gasteiger partial charge in [-0.15, -0.1) is 0 Å². The number of hydrogen-bond donors (Lipinski definition) is 3. The van der Waals surface area contributed by atoms with Gasteiger partial charge >= 0.3 is 5.97 Å². The summed E-state index contributed by atoms with van der Waals surface area (Å²) in [7, 11) is 0. The summed E-state index contributed by atoms with van der Waals surface area (Å²) in [5.74, 6) is -2.20. The van der Waals surface area contributed by atoms with Crippen LogP contribution >= 0.6 is 0 Å². The van der Waals surface area contributed by atoms with E-state index in [2.05, 4.69) is 4.98 Å². The monoisotopic (exact) mass is 301 g/mol. The minimum atomic E-state index is -1.24. The second-order valence-electron chi connectivity index (χ2n) is 4.89. The number of carbonyl (C=O) groups is 2. The Morgan fingerprint density at radius 1 is 1.14 bits per heavy atom. The summed E-state index contributed by atoms with van der Waals surface area (Å²) in [6.45, 7) is 3.33. The van der Waals surface area contributed by atoms with E-state index >= 15 is 0 Å². The minimum absolute atomic E-state index is 0.0231. The van der Waals surface area contributed by atoms with Crippen molar-refractivity contribution in [1.82, 2.24) is 4.98 Å². The molecule has 2 rings (SSSR count). The van der Waals surface area contributed by atoms with Crippen LogP contribution in [0.5, 0.6) is 5.75 Å². The summed E-state index contributed by atoms with van der Waals surface area (Å²) < 4.78 is 0. The molecular formula is C16H15NO5. The zero-order valence-electron chi connectivity index (χ0n) is 12.1. The highest BCUT2D eigenvalue weighted by Gasteiger charge is 2.20. The van der Waals surface area contributed by atoms with Gasteiger partial charge in [0.1, 0.15) is 5.75 Å². The lowest BCUT2D eigenvalue weighted by atomic mass is 9.99. The maximum Gasteiger partial charge on any atom is 0.337 e. The van der Waals surface area contributed by atoms with Crippen molar-refractivity contribution in [3.8, 4) is 5.75 Å². The van der Waals surface area contributed by atoms with E-state index in [1.807, 2.05) is 6.92 Å². The number of phenols is 1. The van der Waals surface area contributed by atoms with E-state index in [0.717, 1.165) is 11.6 Å². The number of pyridine rings is 1. The number of ketones is 1. The number of carbonyl (C=O) groups excluding carboxylic acids is 1. The summed E-state index contributed by atoms with van der Waals surface area (Å²) >= 11 is 0. The molecule has 0 bridgehead atoms. The number of nitrogens with one attached hydrogen (secondary N) is 1. The fourth-order valence-corrected chi connectivity index (χ4v) is 2.14. The van der Waals surface area contributed by atoms with Gasteiger partial charge in [-0.05, 0) is 37.1 Å². The topological polar surface area (TPSA) is 107 Å². The summed E-state index contributed by atoms with van der Waals surface area (Å²) in [6.07, 6.45) is 0.658. The molecule has 0 amide bonds. The van der Waals surface area contributed by atoms with Crippen LogP contribution in [0.15, 0.2) is 29.1 Å². The number of carboxylic acids is 1. The van der Waals surface area contributed by atoms with Crippen molar-refractivity contribution < 1.29 is 19.8 Å². The largest absolute Gasteiger partial charge is 0.507 e. The summed E-state index contributed by atoms with van der Waals surface area (Å²) in [5, 5.41) is 18.9. The SMILES string of the molecule is CCc1ccc(O)c(C(=O)c2cc(C(=O)O)c(C)[nH]c2=O)c1. The molecular weight excluding hydrogens is 286 g/mol. The number of aromatic amines is 1. The van der Waals surface area contributed by atoms with Gasteiger partial charge in [0.25, 0.3) is 5.56 Å². The van der Waals surface area contributed by atoms with Crippen LogP contribution in [0, 0.1) is 6.92 Å². The van der Waals surface area contributed by atoms with Gasteiger partial charge < -0.3 is 15.2 Å². The van der Waals surface area contributed by atoms with Crippen LogP contribution in [-0.2, 0) is 6.42 Å². The second kappa shape index (κ2) is 5.85. The van der Waals surface area contributed by atoms with Gasteiger partial charge in [-0.1, -0.05) is 13.0 Å². The number of benzene rings is 1. The van der Waals surface area contributed by atoms with Crippen molar-refractivity contribution in [3.05, 3.63) is 62.6 Å². The molecule has 1 aromatic heterocycles. The van der Waals surface area contributed by atoms with Gasteiger partial charge in [-0.25, -0.2) is 4.79 Å². The van der Waals surface area contributed by atoms with E-state index in [1.54, 1.807) is 6.07 Å². The smallest absolute Gasteiger partial charge is 0.337 e. The van der Waals surface area contributed by atoms with E-state index in [9.17, 15) is 19.5 Å². The van der Waals surface area contributed by atoms with Crippen molar-refractivity contribution >= 4 is 11.8 Å². The average Bonchev–Trinajstić information content (AvgIpc) is 2.46. The Hall–Kier alpha value is -2.89. The first-order chi connectivity index (χ1) is 10.3. The van der Waals surface area contributed by atoms with Gasteiger partial charge in [0.05, 0.1) is 16.7 Å². The summed E-state index contributed by atoms with van der Waals surface area (Å²) in [5.41, 5.74) is -0.191. The molecule has 2 aromatic rings. The number of H-pyrrole nitrogens is 1. The molecule has 0 unspecified atom stereocenters. The number of aromatic nitrogens is 1. The lowest BCUT2D eigenvalue weighted by Gasteiger charge is -2.07. The standard InChI is InChI=1S/C16H15NO5/c1-3-9-4-5-13(18)11(6-9)14(19)12-7-10(16(21)22)8(2)17-15(12)20/h4-7,18H,3H2,1-2H3,(H,17,20)(H,21,22). The highest BCUT2D eigenvalue weighted by Crippen LogP contribution is 2.22. The lowest BCUT2D eigenvalue weighted by molar-refractivity contribution is 0.0695. The molecule has 0 aliphatic heterocycles. The van der Waals surface area contributed by atoms with Crippen LogP contribution in [0.3, 0.4) is 0 Å². The third-order valence-electron chi connectivity index (χ3n) is 3.43. The van der Waals surface area contributed by atoms with E-state index in [4.69, 9.17) is 5.11 Å². The first-order valence-electron chi connectivity index (χ1n) is 6.69. The normalized spacial score (nSPS) is 10.5. The van der Waals surface area contributed by atoms with Crippen molar-refractivity contribution in [3.63, 3.8) is 0 Å². The predicted molar refractivity (Wildman–Crippen MR) is 79.7 cm³/mol. The number of rotatable bonds is 4. The second-order valence-corrected chi connectivity index (χ2v) is 4.89. The van der Waals surface area contributed by atoms with Gasteiger partial charge in [0.2, 0.25) is 5.78 Å². The third kappa shape index (κ3) is 2.76. The molecule has 22 heavy (non-hydrogen) atoms. The zero-order chi connectivity index (χ0) is 16.4. The Balaban J connectivity index is 2.62. The van der Waals surface area contributed by atoms with E-state index in [0.29, 0.717) is 6.42 Å². The number of carboxylic acid groups (broad SMARTS) is 1. The fourth-order valence-electron chi connectivity index (χ4n) is 2.14. The van der Waals surface area contributed by atoms with Crippen LogP contribution in [0.25, 0.3) is 0 Å². The summed E-state index contributed by atoms with van der Waals surface area (Å²) in [6, 6.07) is 5.59. The Kier molecular flexibility index (Phi) is 4.12. The molecule has 0 spiro atoms. The van der Waals surface area contributed by atoms with Gasteiger partial charge in [0, 0.05) is 5.69 Å². The molecule has 0 radical (unpaired) electrons. The van der Waals surface area contributed by atoms with Crippen LogP contribution < -0.4 is 5.56 Å². The average molecular weight is 301 g/mol. The van der Waals surface area contributed by atoms with Crippen LogP contribution in [0.2, 0.25) is 0 Å². The zero-order valence-corrected chi connectivity index (χ0v) is 12.1. The molecule has 1 aromatic carbocycles. The Bertz CT molecular complexity index is 820. The van der Waals surface area contributed by atoms with E-state index < -0.39 is 17.3 Å². The number of phenolic OH excluding ortho intramolecular Hbond substituents is 1. The van der Waals surface area contributed by atoms with Crippen LogP contribution in [0.4, 0.5) is 0 Å². The maximum absolute atomic E-state index is 12.5. The molecule has 1 heterocycles. The molecule has 3 N–H and O–H groups in total. The number of hydrogen-bond acceptors (Lipinski definition) is 4. The van der Waals surface area contributed by atoms with Crippen molar-refractivity contribution in [2.45, 2.75) is 20.3 Å². The lowest BCUT2D eigenvalue weighted by Crippen LogP contribution is -2.22. The molecule has 0 aliphatic carbocycles. The molecule has 6 heteroatoms. The van der Waals surface area contributed by atoms with Gasteiger partial charge in [-0.2, -0.15) is 0 Å². The van der Waals surface area contributed by atoms with E-state index in [1.165, 1.54) is 19.1 Å². The van der Waals surface area contributed by atoms with Crippen molar-refractivity contribution in [2.75, 3.05) is 0 Å². The van der Waals surface area contributed by atoms with Crippen LogP contribution in [0.1, 0.15) is 44.5 Å². The molecule has 114 valence electrons. The quantitative estimate of drug-likeness (QED) is 0.747. The molecule has 0 fully saturated rings. The van der Waals surface area contributed by atoms with Crippen molar-refractivity contribution in [1.29, 1.82) is 0 Å². The number of aryl methyl sites for hydroxylation is 2. The highest BCUT2D eigenvalue weighted by atomic mass is 16.4. The first-order valence-corrected chi connectivity index (χ1v) is 6.69. The predicted octanol–water partition coefficient (Wildman–Crippen LogP) is 1.88. The van der Waals surface area contributed by atoms with Crippen molar-refractivity contribution in [2.24, 2.45) is 0 Å². The molecule has 0 aliphatic rings. The van der Waals surface area contributed by atoms with Gasteiger partial charge in [0.15, 0.2) is 0 Å². The highest BCUT2D eigenvalue weighted by molar-refractivity contribution is 6.11. The molecule has 0 saturated carbocycles. The minimum Gasteiger partial charge on any atom is -0.507 e. The Morgan fingerprint density at radius 2 is 1.82 bits per heavy atom. The maximum atomic E-state index is 12.5. The summed E-state index contributed by atoms with van der Waals surface area (Å²) in [4.78, 5) is 37.9. The Morgan fingerprint density at radius 3 is 2.41 bits per heavy atom.